The van der Waals surface area contributed by atoms with Gasteiger partial charge in [0.1, 0.15) is 5.75 Å². The Hall–Kier alpha value is -0.890. The molecule has 0 aliphatic heterocycles. The summed E-state index contributed by atoms with van der Waals surface area (Å²) in [6.45, 7) is 8.21. The lowest BCUT2D eigenvalue weighted by Crippen LogP contribution is -2.13. The maximum atomic E-state index is 5.99. The highest BCUT2D eigenvalue weighted by Crippen LogP contribution is 2.25. The monoisotopic (exact) mass is 297 g/mol. The molecule has 0 saturated heterocycles. The second-order valence-corrected chi connectivity index (χ2v) is 5.45. The Morgan fingerprint density at radius 1 is 1.25 bits per heavy atom. The van der Waals surface area contributed by atoms with Crippen LogP contribution in [0.25, 0.3) is 0 Å². The maximum absolute atomic E-state index is 5.99. The summed E-state index contributed by atoms with van der Waals surface area (Å²) in [5, 5.41) is 3.53. The Bertz CT molecular complexity index is 381. The first kappa shape index (κ1) is 17.2. The molecule has 114 valence electrons. The van der Waals surface area contributed by atoms with E-state index in [2.05, 4.69) is 31.3 Å². The van der Waals surface area contributed by atoms with Crippen LogP contribution >= 0.6 is 11.6 Å². The molecule has 1 aromatic carbocycles. The number of alkyl halides is 1. The van der Waals surface area contributed by atoms with Gasteiger partial charge in [0.25, 0.3) is 0 Å². The van der Waals surface area contributed by atoms with E-state index < -0.39 is 0 Å². The molecule has 1 unspecified atom stereocenters. The second kappa shape index (κ2) is 9.93. The van der Waals surface area contributed by atoms with Gasteiger partial charge >= 0.3 is 0 Å². The van der Waals surface area contributed by atoms with Gasteiger partial charge in [-0.05, 0) is 37.5 Å². The predicted molar refractivity (Wildman–Crippen MR) is 89.0 cm³/mol. The van der Waals surface area contributed by atoms with E-state index in [0.717, 1.165) is 29.5 Å². The summed E-state index contributed by atoms with van der Waals surface area (Å²) in [4.78, 5) is 0. The molecule has 1 aromatic rings. The minimum Gasteiger partial charge on any atom is -0.494 e. The smallest absolute Gasteiger partial charge is 0.123 e. The molecule has 1 N–H and O–H groups in total. The summed E-state index contributed by atoms with van der Waals surface area (Å²) < 4.78 is 5.57. The molecule has 0 bridgehead atoms. The van der Waals surface area contributed by atoms with Crippen LogP contribution in [0.3, 0.4) is 0 Å². The number of halogens is 1. The largest absolute Gasteiger partial charge is 0.494 e. The average Bonchev–Trinajstić information content (AvgIpc) is 2.49. The van der Waals surface area contributed by atoms with Crippen molar-refractivity contribution in [3.63, 3.8) is 0 Å². The minimum atomic E-state index is 0.484. The quantitative estimate of drug-likeness (QED) is 0.580. The molecular weight excluding hydrogens is 270 g/mol. The molecule has 20 heavy (non-hydrogen) atoms. The molecule has 0 spiro atoms. The van der Waals surface area contributed by atoms with E-state index in [9.17, 15) is 0 Å². The average molecular weight is 298 g/mol. The molecule has 1 rings (SSSR count). The fourth-order valence-corrected chi connectivity index (χ4v) is 2.50. The minimum absolute atomic E-state index is 0.484. The van der Waals surface area contributed by atoms with Gasteiger partial charge in [-0.2, -0.15) is 0 Å². The Balaban J connectivity index is 2.58. The normalized spacial score (nSPS) is 12.2. The molecule has 0 aliphatic rings. The van der Waals surface area contributed by atoms with Crippen molar-refractivity contribution >= 4 is 17.3 Å². The second-order valence-electron chi connectivity index (χ2n) is 5.19. The molecule has 0 aliphatic carbocycles. The highest BCUT2D eigenvalue weighted by atomic mass is 35.5. The number of anilines is 1. The lowest BCUT2D eigenvalue weighted by Gasteiger charge is -2.17. The number of hydrogen-bond acceptors (Lipinski definition) is 2. The lowest BCUT2D eigenvalue weighted by atomic mass is 9.99. The Morgan fingerprint density at radius 2 is 2.05 bits per heavy atom. The Kier molecular flexibility index (Phi) is 8.52. The van der Waals surface area contributed by atoms with E-state index >= 15 is 0 Å². The zero-order chi connectivity index (χ0) is 14.8. The van der Waals surface area contributed by atoms with Crippen LogP contribution in [0.2, 0.25) is 0 Å². The van der Waals surface area contributed by atoms with Crippen LogP contribution in [-0.2, 0) is 5.88 Å². The predicted octanol–water partition coefficient (Wildman–Crippen LogP) is 5.45. The lowest BCUT2D eigenvalue weighted by molar-refractivity contribution is 0.337. The number of unbranched alkanes of at least 4 members (excludes halogenated alkanes) is 1. The van der Waals surface area contributed by atoms with Gasteiger partial charge in [0.2, 0.25) is 0 Å². The summed E-state index contributed by atoms with van der Waals surface area (Å²) >= 11 is 5.99. The third kappa shape index (κ3) is 5.62. The molecular formula is C17H28ClNO. The molecule has 0 fully saturated rings. The van der Waals surface area contributed by atoms with Crippen molar-refractivity contribution in [2.24, 2.45) is 5.92 Å². The highest BCUT2D eigenvalue weighted by molar-refractivity contribution is 6.17. The summed E-state index contributed by atoms with van der Waals surface area (Å²) in [6.07, 6.45) is 5.12. The van der Waals surface area contributed by atoms with E-state index in [1.807, 2.05) is 13.0 Å². The van der Waals surface area contributed by atoms with Crippen LogP contribution in [0, 0.1) is 5.92 Å². The molecule has 0 amide bonds. The van der Waals surface area contributed by atoms with E-state index in [0.29, 0.717) is 12.5 Å². The molecule has 1 atom stereocenters. The number of ether oxygens (including phenoxy) is 1. The van der Waals surface area contributed by atoms with Gasteiger partial charge < -0.3 is 10.1 Å². The van der Waals surface area contributed by atoms with Crippen molar-refractivity contribution in [1.29, 1.82) is 0 Å². The van der Waals surface area contributed by atoms with Gasteiger partial charge in [0.05, 0.1) is 12.5 Å². The maximum Gasteiger partial charge on any atom is 0.123 e. The highest BCUT2D eigenvalue weighted by Gasteiger charge is 2.07. The van der Waals surface area contributed by atoms with Crippen LogP contribution in [0.4, 0.5) is 5.69 Å². The molecule has 0 saturated carbocycles. The SMILES string of the molecule is CCCCC(CC)CNc1ccc(OCC)c(CCl)c1. The van der Waals surface area contributed by atoms with Gasteiger partial charge in [-0.1, -0.05) is 33.1 Å². The number of rotatable bonds is 10. The van der Waals surface area contributed by atoms with E-state index in [-0.39, 0.29) is 0 Å². The van der Waals surface area contributed by atoms with Gasteiger partial charge in [-0.3, -0.25) is 0 Å². The van der Waals surface area contributed by atoms with Crippen LogP contribution in [0.15, 0.2) is 18.2 Å². The van der Waals surface area contributed by atoms with E-state index in [1.54, 1.807) is 0 Å². The first-order valence-electron chi connectivity index (χ1n) is 7.80. The van der Waals surface area contributed by atoms with E-state index in [1.165, 1.54) is 25.7 Å². The van der Waals surface area contributed by atoms with Crippen LogP contribution in [-0.4, -0.2) is 13.2 Å². The van der Waals surface area contributed by atoms with Crippen molar-refractivity contribution in [2.45, 2.75) is 52.3 Å². The molecule has 0 heterocycles. The zero-order valence-corrected chi connectivity index (χ0v) is 13.8. The Morgan fingerprint density at radius 3 is 2.65 bits per heavy atom. The first-order valence-corrected chi connectivity index (χ1v) is 8.34. The molecule has 0 radical (unpaired) electrons. The summed E-state index contributed by atoms with van der Waals surface area (Å²) in [7, 11) is 0. The fraction of sp³-hybridized carbons (Fsp3) is 0.647. The topological polar surface area (TPSA) is 21.3 Å². The zero-order valence-electron chi connectivity index (χ0n) is 13.0. The molecule has 2 nitrogen and oxygen atoms in total. The fourth-order valence-electron chi connectivity index (χ4n) is 2.30. The molecule has 3 heteroatoms. The van der Waals surface area contributed by atoms with Crippen LogP contribution in [0.5, 0.6) is 5.75 Å². The number of nitrogens with one attached hydrogen (secondary N) is 1. The standard InChI is InChI=1S/C17H28ClNO/c1-4-7-8-14(5-2)13-19-16-9-10-17(20-6-3)15(11-16)12-18/h9-11,14,19H,4-8,12-13H2,1-3H3. The third-order valence-corrected chi connectivity index (χ3v) is 3.93. The van der Waals surface area contributed by atoms with Crippen molar-refractivity contribution < 1.29 is 4.74 Å². The van der Waals surface area contributed by atoms with Gasteiger partial charge in [-0.25, -0.2) is 0 Å². The van der Waals surface area contributed by atoms with Crippen molar-refractivity contribution in [2.75, 3.05) is 18.5 Å². The van der Waals surface area contributed by atoms with Gasteiger partial charge in [0, 0.05) is 17.8 Å². The summed E-state index contributed by atoms with van der Waals surface area (Å²) in [6, 6.07) is 6.19. The van der Waals surface area contributed by atoms with Crippen molar-refractivity contribution in [3.8, 4) is 5.75 Å². The summed E-state index contributed by atoms with van der Waals surface area (Å²) in [5.74, 6) is 2.13. The first-order chi connectivity index (χ1) is 9.74. The molecule has 0 aromatic heterocycles. The third-order valence-electron chi connectivity index (χ3n) is 3.64. The van der Waals surface area contributed by atoms with Crippen LogP contribution in [0.1, 0.15) is 52.0 Å². The Labute approximate surface area is 128 Å². The van der Waals surface area contributed by atoms with E-state index in [4.69, 9.17) is 16.3 Å². The number of hydrogen-bond donors (Lipinski definition) is 1. The van der Waals surface area contributed by atoms with Crippen LogP contribution < -0.4 is 10.1 Å². The van der Waals surface area contributed by atoms with Gasteiger partial charge in [-0.15, -0.1) is 11.6 Å². The van der Waals surface area contributed by atoms with Gasteiger partial charge in [0.15, 0.2) is 0 Å². The number of benzene rings is 1. The van der Waals surface area contributed by atoms with Crippen molar-refractivity contribution in [1.82, 2.24) is 0 Å². The van der Waals surface area contributed by atoms with Crippen molar-refractivity contribution in [3.05, 3.63) is 23.8 Å². The summed E-state index contributed by atoms with van der Waals surface area (Å²) in [5.41, 5.74) is 2.19.